The van der Waals surface area contributed by atoms with E-state index in [0.29, 0.717) is 13.2 Å². The molecule has 0 spiro atoms. The Bertz CT molecular complexity index is 765. The largest absolute Gasteiger partial charge is 0.497 e. The quantitative estimate of drug-likeness (QED) is 0.643. The van der Waals surface area contributed by atoms with Gasteiger partial charge in [-0.05, 0) is 62.2 Å². The summed E-state index contributed by atoms with van der Waals surface area (Å²) in [5.41, 5.74) is 3.85. The molecule has 29 heavy (non-hydrogen) atoms. The molecule has 5 heteroatoms. The minimum atomic E-state index is -0.530. The molecular weight excluding hydrogens is 364 g/mol. The molecule has 3 rings (SSSR count). The van der Waals surface area contributed by atoms with E-state index in [9.17, 15) is 5.11 Å². The minimum absolute atomic E-state index is 0.0981. The number of nitrogens with one attached hydrogen (secondary N) is 1. The van der Waals surface area contributed by atoms with E-state index in [-0.39, 0.29) is 12.1 Å². The van der Waals surface area contributed by atoms with E-state index in [1.165, 1.54) is 16.7 Å². The maximum absolute atomic E-state index is 10.4. The third kappa shape index (κ3) is 6.03. The zero-order valence-corrected chi connectivity index (χ0v) is 17.8. The maximum atomic E-state index is 10.4. The van der Waals surface area contributed by atoms with E-state index >= 15 is 0 Å². The van der Waals surface area contributed by atoms with Gasteiger partial charge < -0.3 is 24.8 Å². The van der Waals surface area contributed by atoms with Gasteiger partial charge in [0.25, 0.3) is 0 Å². The molecule has 1 aliphatic rings. The van der Waals surface area contributed by atoms with Gasteiger partial charge in [0, 0.05) is 19.1 Å². The fourth-order valence-corrected chi connectivity index (χ4v) is 4.00. The third-order valence-corrected chi connectivity index (χ3v) is 5.62. The second kappa shape index (κ2) is 10.7. The SMILES string of the molecule is COc1cccc([C@H](CNC[C@@H](O)CO[C@H]2CCCc3ccccc32)N(C)C)c1. The summed E-state index contributed by atoms with van der Waals surface area (Å²) in [6.07, 6.45) is 2.85. The number of benzene rings is 2. The predicted octanol–water partition coefficient (Wildman–Crippen LogP) is 3.34. The van der Waals surface area contributed by atoms with E-state index < -0.39 is 6.10 Å². The molecule has 158 valence electrons. The van der Waals surface area contributed by atoms with Crippen LogP contribution >= 0.6 is 0 Å². The number of hydrogen-bond donors (Lipinski definition) is 2. The molecule has 2 N–H and O–H groups in total. The van der Waals surface area contributed by atoms with Crippen molar-refractivity contribution in [1.82, 2.24) is 10.2 Å². The first-order chi connectivity index (χ1) is 14.1. The Labute approximate surface area is 174 Å². The van der Waals surface area contributed by atoms with E-state index in [2.05, 4.69) is 60.7 Å². The summed E-state index contributed by atoms with van der Waals surface area (Å²) in [5, 5.41) is 13.8. The predicted molar refractivity (Wildman–Crippen MR) is 116 cm³/mol. The summed E-state index contributed by atoms with van der Waals surface area (Å²) in [6.45, 7) is 1.59. The molecule has 0 unspecified atom stereocenters. The molecule has 5 nitrogen and oxygen atoms in total. The summed E-state index contributed by atoms with van der Waals surface area (Å²) in [6, 6.07) is 16.8. The maximum Gasteiger partial charge on any atom is 0.119 e. The number of rotatable bonds is 10. The highest BCUT2D eigenvalue weighted by Gasteiger charge is 2.21. The fraction of sp³-hybridized carbons (Fsp3) is 0.500. The Kier molecular flexibility index (Phi) is 8.07. The van der Waals surface area contributed by atoms with Crippen molar-refractivity contribution in [1.29, 1.82) is 0 Å². The van der Waals surface area contributed by atoms with Gasteiger partial charge in [0.15, 0.2) is 0 Å². The average molecular weight is 399 g/mol. The molecule has 2 aromatic rings. The molecule has 0 heterocycles. The number of likely N-dealkylation sites (N-methyl/N-ethyl adjacent to an activating group) is 1. The first-order valence-electron chi connectivity index (χ1n) is 10.5. The lowest BCUT2D eigenvalue weighted by Gasteiger charge is -2.28. The van der Waals surface area contributed by atoms with Crippen molar-refractivity contribution < 1.29 is 14.6 Å². The highest BCUT2D eigenvalue weighted by atomic mass is 16.5. The van der Waals surface area contributed by atoms with Gasteiger partial charge >= 0.3 is 0 Å². The number of methoxy groups -OCH3 is 1. The summed E-state index contributed by atoms with van der Waals surface area (Å²) in [7, 11) is 5.81. The molecule has 1 aliphatic carbocycles. The van der Waals surface area contributed by atoms with Crippen LogP contribution in [0.4, 0.5) is 0 Å². The van der Waals surface area contributed by atoms with Crippen molar-refractivity contribution in [3.05, 3.63) is 65.2 Å². The van der Waals surface area contributed by atoms with E-state index in [0.717, 1.165) is 31.6 Å². The number of aliphatic hydroxyl groups excluding tert-OH is 1. The van der Waals surface area contributed by atoms with Crippen molar-refractivity contribution in [2.75, 3.05) is 40.9 Å². The van der Waals surface area contributed by atoms with Crippen LogP contribution in [0.15, 0.2) is 48.5 Å². The molecule has 3 atom stereocenters. The Morgan fingerprint density at radius 3 is 2.76 bits per heavy atom. The van der Waals surface area contributed by atoms with Crippen LogP contribution in [0.5, 0.6) is 5.75 Å². The monoisotopic (exact) mass is 398 g/mol. The lowest BCUT2D eigenvalue weighted by Crippen LogP contribution is -2.37. The fourth-order valence-electron chi connectivity index (χ4n) is 4.00. The van der Waals surface area contributed by atoms with Crippen LogP contribution in [0.1, 0.15) is 41.7 Å². The van der Waals surface area contributed by atoms with Gasteiger partial charge in [-0.2, -0.15) is 0 Å². The number of aryl methyl sites for hydroxylation is 1. The molecule has 0 aliphatic heterocycles. The second-order valence-electron chi connectivity index (χ2n) is 7.98. The van der Waals surface area contributed by atoms with Crippen LogP contribution in [0.25, 0.3) is 0 Å². The van der Waals surface area contributed by atoms with Gasteiger partial charge in [-0.3, -0.25) is 0 Å². The van der Waals surface area contributed by atoms with Crippen LogP contribution in [0.3, 0.4) is 0 Å². The summed E-state index contributed by atoms with van der Waals surface area (Å²) >= 11 is 0. The molecule has 0 fully saturated rings. The summed E-state index contributed by atoms with van der Waals surface area (Å²) < 4.78 is 11.4. The Balaban J connectivity index is 1.47. The molecule has 0 saturated heterocycles. The Morgan fingerprint density at radius 1 is 1.14 bits per heavy atom. The van der Waals surface area contributed by atoms with Crippen molar-refractivity contribution in [3.63, 3.8) is 0 Å². The van der Waals surface area contributed by atoms with Crippen LogP contribution in [-0.4, -0.2) is 57.0 Å². The molecule has 0 aromatic heterocycles. The molecule has 2 aromatic carbocycles. The van der Waals surface area contributed by atoms with Crippen LogP contribution in [-0.2, 0) is 11.2 Å². The van der Waals surface area contributed by atoms with Crippen LogP contribution < -0.4 is 10.1 Å². The standard InChI is InChI=1S/C24H34N2O3/c1-26(2)23(19-10-6-11-21(14-19)28-3)16-25-15-20(27)17-29-24-13-7-9-18-8-4-5-12-22(18)24/h4-6,8,10-12,14,20,23-25,27H,7,9,13,15-17H2,1-3H3/t20-,23+,24+/m1/s1. The van der Waals surface area contributed by atoms with Crippen molar-refractivity contribution >= 4 is 0 Å². The summed E-state index contributed by atoms with van der Waals surface area (Å²) in [5.74, 6) is 0.857. The van der Waals surface area contributed by atoms with E-state index in [4.69, 9.17) is 9.47 Å². The molecular formula is C24H34N2O3. The highest BCUT2D eigenvalue weighted by molar-refractivity contribution is 5.31. The zero-order valence-electron chi connectivity index (χ0n) is 17.8. The molecule has 0 amide bonds. The van der Waals surface area contributed by atoms with Crippen molar-refractivity contribution in [3.8, 4) is 5.75 Å². The zero-order chi connectivity index (χ0) is 20.6. The number of hydrogen-bond acceptors (Lipinski definition) is 5. The number of aliphatic hydroxyl groups is 1. The first-order valence-corrected chi connectivity index (χ1v) is 10.5. The third-order valence-electron chi connectivity index (χ3n) is 5.62. The average Bonchev–Trinajstić information content (AvgIpc) is 2.75. The highest BCUT2D eigenvalue weighted by Crippen LogP contribution is 2.32. The van der Waals surface area contributed by atoms with Gasteiger partial charge in [0.2, 0.25) is 0 Å². The number of nitrogens with zero attached hydrogens (tertiary/aromatic N) is 1. The molecule has 0 bridgehead atoms. The van der Waals surface area contributed by atoms with Gasteiger partial charge in [-0.15, -0.1) is 0 Å². The van der Waals surface area contributed by atoms with Gasteiger partial charge in [-0.1, -0.05) is 36.4 Å². The number of fused-ring (bicyclic) bond motifs is 1. The van der Waals surface area contributed by atoms with Gasteiger partial charge in [0.1, 0.15) is 5.75 Å². The minimum Gasteiger partial charge on any atom is -0.497 e. The van der Waals surface area contributed by atoms with E-state index in [1.54, 1.807) is 7.11 Å². The Hall–Kier alpha value is -1.92. The molecule has 0 saturated carbocycles. The first kappa shape index (κ1) is 21.8. The van der Waals surface area contributed by atoms with Crippen LogP contribution in [0.2, 0.25) is 0 Å². The van der Waals surface area contributed by atoms with Gasteiger partial charge in [-0.25, -0.2) is 0 Å². The van der Waals surface area contributed by atoms with Crippen molar-refractivity contribution in [2.45, 2.75) is 37.5 Å². The lowest BCUT2D eigenvalue weighted by atomic mass is 9.89. The van der Waals surface area contributed by atoms with Crippen molar-refractivity contribution in [2.24, 2.45) is 0 Å². The second-order valence-corrected chi connectivity index (χ2v) is 7.98. The normalized spacial score (nSPS) is 18.3. The molecule has 0 radical (unpaired) electrons. The smallest absolute Gasteiger partial charge is 0.119 e. The summed E-state index contributed by atoms with van der Waals surface area (Å²) in [4.78, 5) is 2.17. The number of ether oxygens (including phenoxy) is 2. The Morgan fingerprint density at radius 2 is 1.97 bits per heavy atom. The lowest BCUT2D eigenvalue weighted by molar-refractivity contribution is -0.0169. The van der Waals surface area contributed by atoms with Gasteiger partial charge in [0.05, 0.1) is 25.9 Å². The topological polar surface area (TPSA) is 54.0 Å². The van der Waals surface area contributed by atoms with E-state index in [1.807, 2.05) is 12.1 Å². The van der Waals surface area contributed by atoms with Crippen LogP contribution in [0, 0.1) is 0 Å².